The molecule has 0 radical (unpaired) electrons. The lowest BCUT2D eigenvalue weighted by Crippen LogP contribution is -1.97. The molecule has 0 atom stereocenters. The van der Waals surface area contributed by atoms with E-state index in [4.69, 9.17) is 20.8 Å². The molecule has 0 aliphatic heterocycles. The Hall–Kier alpha value is -2.18. The van der Waals surface area contributed by atoms with Crippen molar-refractivity contribution in [1.29, 1.82) is 0 Å². The van der Waals surface area contributed by atoms with Crippen LogP contribution in [0.2, 0.25) is 5.15 Å². The second-order valence-corrected chi connectivity index (χ2v) is 5.61. The number of aldehydes is 1. The number of carbonyl (C=O) groups is 1. The molecule has 0 saturated heterocycles. The molecule has 0 aliphatic rings. The van der Waals surface area contributed by atoms with Gasteiger partial charge in [-0.25, -0.2) is 4.79 Å². The molecule has 5 nitrogen and oxygen atoms in total. The molecule has 7 heteroatoms. The third-order valence-electron chi connectivity index (χ3n) is 2.83. The van der Waals surface area contributed by atoms with Gasteiger partial charge in [0.25, 0.3) is 5.19 Å². The summed E-state index contributed by atoms with van der Waals surface area (Å²) < 4.78 is 10.7. The van der Waals surface area contributed by atoms with E-state index in [1.54, 1.807) is 18.2 Å². The van der Waals surface area contributed by atoms with Crippen molar-refractivity contribution in [2.24, 2.45) is 0 Å². The number of nitrogens with zero attached hydrogens (tertiary/aromatic N) is 1. The highest BCUT2D eigenvalue weighted by molar-refractivity contribution is 7.15. The molecule has 0 bridgehead atoms. The first-order chi connectivity index (χ1) is 10.1. The first-order valence-electron chi connectivity index (χ1n) is 5.90. The molecule has 0 aliphatic carbocycles. The Morgan fingerprint density at radius 2 is 2.19 bits per heavy atom. The van der Waals surface area contributed by atoms with Gasteiger partial charge < -0.3 is 9.15 Å². The van der Waals surface area contributed by atoms with Crippen LogP contribution in [0.15, 0.2) is 33.5 Å². The van der Waals surface area contributed by atoms with Crippen LogP contribution in [0.25, 0.3) is 11.0 Å². The van der Waals surface area contributed by atoms with E-state index in [0.717, 1.165) is 22.3 Å². The molecule has 2 heterocycles. The van der Waals surface area contributed by atoms with Crippen molar-refractivity contribution < 1.29 is 13.9 Å². The number of hydrogen-bond acceptors (Lipinski definition) is 6. The van der Waals surface area contributed by atoms with Gasteiger partial charge in [0.05, 0.1) is 0 Å². The minimum atomic E-state index is -0.419. The van der Waals surface area contributed by atoms with Crippen LogP contribution in [0.5, 0.6) is 10.9 Å². The minimum Gasteiger partial charge on any atom is -0.431 e. The van der Waals surface area contributed by atoms with Gasteiger partial charge in [-0.2, -0.15) is 4.98 Å². The zero-order chi connectivity index (χ0) is 15.0. The standard InChI is InChI=1S/C14H8ClNO4S/c1-7-4-12(18)20-10-5-8(2-3-9(7)10)19-14-16-13(15)11(6-17)21-14/h2-6H,1H3. The van der Waals surface area contributed by atoms with Crippen molar-refractivity contribution in [2.45, 2.75) is 6.92 Å². The van der Waals surface area contributed by atoms with Crippen LogP contribution in [-0.2, 0) is 0 Å². The SMILES string of the molecule is Cc1cc(=O)oc2cc(Oc3nc(Cl)c(C=O)s3)ccc12. The summed E-state index contributed by atoms with van der Waals surface area (Å²) in [6, 6.07) is 6.55. The van der Waals surface area contributed by atoms with Crippen LogP contribution < -0.4 is 10.4 Å². The first kappa shape index (κ1) is 13.8. The molecule has 0 saturated carbocycles. The van der Waals surface area contributed by atoms with Gasteiger partial charge >= 0.3 is 5.63 Å². The van der Waals surface area contributed by atoms with E-state index in [2.05, 4.69) is 4.98 Å². The fraction of sp³-hybridized carbons (Fsp3) is 0.0714. The molecule has 0 N–H and O–H groups in total. The highest BCUT2D eigenvalue weighted by Crippen LogP contribution is 2.32. The van der Waals surface area contributed by atoms with Gasteiger partial charge in [-0.1, -0.05) is 22.9 Å². The topological polar surface area (TPSA) is 69.4 Å². The zero-order valence-electron chi connectivity index (χ0n) is 10.8. The predicted octanol–water partition coefficient (Wildman–Crippen LogP) is 3.82. The van der Waals surface area contributed by atoms with E-state index in [9.17, 15) is 9.59 Å². The average Bonchev–Trinajstić information content (AvgIpc) is 2.78. The van der Waals surface area contributed by atoms with Crippen molar-refractivity contribution in [1.82, 2.24) is 4.98 Å². The normalized spacial score (nSPS) is 10.8. The molecule has 0 amide bonds. The highest BCUT2D eigenvalue weighted by atomic mass is 35.5. The average molecular weight is 322 g/mol. The van der Waals surface area contributed by atoms with Crippen LogP contribution in [0.3, 0.4) is 0 Å². The van der Waals surface area contributed by atoms with E-state index in [1.807, 2.05) is 6.92 Å². The number of aromatic nitrogens is 1. The summed E-state index contributed by atoms with van der Waals surface area (Å²) in [5, 5.41) is 1.18. The van der Waals surface area contributed by atoms with Crippen molar-refractivity contribution >= 4 is 40.2 Å². The quantitative estimate of drug-likeness (QED) is 0.542. The van der Waals surface area contributed by atoms with Gasteiger partial charge in [0.15, 0.2) is 11.4 Å². The highest BCUT2D eigenvalue weighted by Gasteiger charge is 2.11. The largest absolute Gasteiger partial charge is 0.431 e. The molecule has 1 aromatic carbocycles. The fourth-order valence-corrected chi connectivity index (χ4v) is 2.81. The second kappa shape index (κ2) is 5.31. The van der Waals surface area contributed by atoms with Crippen LogP contribution in [-0.4, -0.2) is 11.3 Å². The van der Waals surface area contributed by atoms with E-state index in [-0.39, 0.29) is 10.3 Å². The summed E-state index contributed by atoms with van der Waals surface area (Å²) in [5.41, 5.74) is 0.835. The smallest absolute Gasteiger partial charge is 0.336 e. The number of carbonyl (C=O) groups excluding carboxylic acids is 1. The number of thiazole rings is 1. The number of hydrogen-bond donors (Lipinski definition) is 0. The Balaban J connectivity index is 2.00. The molecular weight excluding hydrogens is 314 g/mol. The first-order valence-corrected chi connectivity index (χ1v) is 7.10. The fourth-order valence-electron chi connectivity index (χ4n) is 1.88. The number of benzene rings is 1. The Labute approximate surface area is 127 Å². The van der Waals surface area contributed by atoms with E-state index >= 15 is 0 Å². The lowest BCUT2D eigenvalue weighted by Gasteiger charge is -2.04. The predicted molar refractivity (Wildman–Crippen MR) is 79.8 cm³/mol. The summed E-state index contributed by atoms with van der Waals surface area (Å²) >= 11 is 6.82. The van der Waals surface area contributed by atoms with Gasteiger partial charge in [0.1, 0.15) is 16.2 Å². The Morgan fingerprint density at radius 3 is 2.90 bits per heavy atom. The summed E-state index contributed by atoms with van der Waals surface area (Å²) in [6.45, 7) is 1.83. The molecule has 3 aromatic rings. The Kier molecular flexibility index (Phi) is 3.48. The molecule has 3 rings (SSSR count). The third-order valence-corrected chi connectivity index (χ3v) is 4.08. The Morgan fingerprint density at radius 1 is 1.38 bits per heavy atom. The second-order valence-electron chi connectivity index (χ2n) is 4.26. The van der Waals surface area contributed by atoms with Crippen molar-refractivity contribution in [3.05, 3.63) is 50.3 Å². The summed E-state index contributed by atoms with van der Waals surface area (Å²) in [6.07, 6.45) is 0.621. The van der Waals surface area contributed by atoms with Crippen molar-refractivity contribution in [2.75, 3.05) is 0 Å². The maximum absolute atomic E-state index is 11.4. The van der Waals surface area contributed by atoms with Gasteiger partial charge in [0, 0.05) is 17.5 Å². The van der Waals surface area contributed by atoms with Gasteiger partial charge in [-0.15, -0.1) is 0 Å². The number of halogens is 1. The van der Waals surface area contributed by atoms with Crippen LogP contribution in [0.4, 0.5) is 0 Å². The van der Waals surface area contributed by atoms with E-state index in [1.165, 1.54) is 6.07 Å². The third kappa shape index (κ3) is 2.68. The van der Waals surface area contributed by atoms with Crippen LogP contribution in [0, 0.1) is 6.92 Å². The minimum absolute atomic E-state index is 0.105. The summed E-state index contributed by atoms with van der Waals surface area (Å²) in [4.78, 5) is 26.3. The zero-order valence-corrected chi connectivity index (χ0v) is 12.3. The molecule has 0 unspecified atom stereocenters. The molecule has 106 valence electrons. The van der Waals surface area contributed by atoms with Gasteiger partial charge in [-0.3, -0.25) is 4.79 Å². The number of aryl methyl sites for hydroxylation is 1. The maximum atomic E-state index is 11.4. The van der Waals surface area contributed by atoms with Crippen LogP contribution >= 0.6 is 22.9 Å². The molecular formula is C14H8ClNO4S. The van der Waals surface area contributed by atoms with Crippen molar-refractivity contribution in [3.63, 3.8) is 0 Å². The van der Waals surface area contributed by atoms with Gasteiger partial charge in [-0.05, 0) is 24.6 Å². The number of rotatable bonds is 3. The molecule has 0 spiro atoms. The lowest BCUT2D eigenvalue weighted by molar-refractivity contribution is 0.112. The van der Waals surface area contributed by atoms with Gasteiger partial charge in [0.2, 0.25) is 0 Å². The summed E-state index contributed by atoms with van der Waals surface area (Å²) in [7, 11) is 0. The Bertz CT molecular complexity index is 900. The summed E-state index contributed by atoms with van der Waals surface area (Å²) in [5.74, 6) is 0.444. The number of ether oxygens (including phenoxy) is 1. The van der Waals surface area contributed by atoms with E-state index in [0.29, 0.717) is 22.5 Å². The molecule has 21 heavy (non-hydrogen) atoms. The van der Waals surface area contributed by atoms with Crippen LogP contribution in [0.1, 0.15) is 15.2 Å². The molecule has 0 fully saturated rings. The molecule has 2 aromatic heterocycles. The number of fused-ring (bicyclic) bond motifs is 1. The monoisotopic (exact) mass is 321 g/mol. The van der Waals surface area contributed by atoms with E-state index < -0.39 is 5.63 Å². The maximum Gasteiger partial charge on any atom is 0.336 e. The lowest BCUT2D eigenvalue weighted by atomic mass is 10.1. The van der Waals surface area contributed by atoms with Crippen molar-refractivity contribution in [3.8, 4) is 10.9 Å².